The van der Waals surface area contributed by atoms with Crippen LogP contribution in [0.1, 0.15) is 0 Å². The van der Waals surface area contributed by atoms with Crippen LogP contribution in [0.15, 0.2) is 0 Å². The van der Waals surface area contributed by atoms with Crippen molar-refractivity contribution in [1.29, 1.82) is 0 Å². The molecule has 0 aromatic rings. The second kappa shape index (κ2) is 4.92. The van der Waals surface area contributed by atoms with Crippen LogP contribution in [-0.2, 0) is 24.4 Å². The molecule has 0 aliphatic carbocycles. The lowest BCUT2D eigenvalue weighted by molar-refractivity contribution is 0.165. The number of ether oxygens (including phenoxy) is 1. The summed E-state index contributed by atoms with van der Waals surface area (Å²) in [6, 6.07) is 0. The molecule has 0 heterocycles. The third-order valence-corrected chi connectivity index (χ3v) is 3.01. The first kappa shape index (κ1) is 12.9. The average molecular weight is 230 g/mol. The van der Waals surface area contributed by atoms with Crippen LogP contribution in [0, 0.1) is 0 Å². The maximum Gasteiger partial charge on any atom is 0.149 e. The van der Waals surface area contributed by atoms with Crippen molar-refractivity contribution in [2.75, 3.05) is 37.2 Å². The van der Waals surface area contributed by atoms with Crippen LogP contribution < -0.4 is 0 Å². The van der Waals surface area contributed by atoms with Crippen molar-refractivity contribution in [2.24, 2.45) is 0 Å². The van der Waals surface area contributed by atoms with Gasteiger partial charge in [-0.2, -0.15) is 0 Å². The van der Waals surface area contributed by atoms with E-state index in [0.717, 1.165) is 12.5 Å². The van der Waals surface area contributed by atoms with Crippen molar-refractivity contribution < 1.29 is 21.6 Å². The largest absolute Gasteiger partial charge is 0.379 e. The van der Waals surface area contributed by atoms with Crippen molar-refractivity contribution in [3.8, 4) is 0 Å². The van der Waals surface area contributed by atoms with E-state index < -0.39 is 19.7 Å². The molecule has 5 nitrogen and oxygen atoms in total. The first-order chi connectivity index (χ1) is 5.71. The molecule has 0 amide bonds. The summed E-state index contributed by atoms with van der Waals surface area (Å²) in [4.78, 5) is 0. The fourth-order valence-electron chi connectivity index (χ4n) is 0.523. The van der Waals surface area contributed by atoms with Gasteiger partial charge < -0.3 is 4.74 Å². The molecule has 0 aromatic carbocycles. The minimum absolute atomic E-state index is 0.0500. The Morgan fingerprint density at radius 2 is 1.15 bits per heavy atom. The molecule has 80 valence electrons. The molecule has 0 spiro atoms. The normalized spacial score (nSPS) is 13.1. The molecule has 0 aliphatic rings. The molecule has 0 saturated carbocycles. The Morgan fingerprint density at radius 1 is 0.846 bits per heavy atom. The van der Waals surface area contributed by atoms with E-state index in [-0.39, 0.29) is 24.7 Å². The third kappa shape index (κ3) is 11.9. The summed E-state index contributed by atoms with van der Waals surface area (Å²) in [6.07, 6.45) is 2.21. The Kier molecular flexibility index (Phi) is 4.87. The minimum atomic E-state index is -3.01. The summed E-state index contributed by atoms with van der Waals surface area (Å²) in [6.45, 7) is 0.0999. The summed E-state index contributed by atoms with van der Waals surface area (Å²) in [5.41, 5.74) is 0. The van der Waals surface area contributed by atoms with E-state index in [2.05, 4.69) is 0 Å². The van der Waals surface area contributed by atoms with Gasteiger partial charge in [0.2, 0.25) is 0 Å². The monoisotopic (exact) mass is 230 g/mol. The van der Waals surface area contributed by atoms with E-state index >= 15 is 0 Å². The molecule has 0 saturated heterocycles. The number of sulfone groups is 2. The molecule has 0 aromatic heterocycles. The van der Waals surface area contributed by atoms with Crippen LogP contribution >= 0.6 is 0 Å². The van der Waals surface area contributed by atoms with Crippen LogP contribution in [0.5, 0.6) is 0 Å². The van der Waals surface area contributed by atoms with Gasteiger partial charge in [-0.3, -0.25) is 0 Å². The van der Waals surface area contributed by atoms with E-state index in [9.17, 15) is 16.8 Å². The Morgan fingerprint density at radius 3 is 1.38 bits per heavy atom. The first-order valence-corrected chi connectivity index (χ1v) is 7.76. The summed E-state index contributed by atoms with van der Waals surface area (Å²) >= 11 is 0. The van der Waals surface area contributed by atoms with E-state index in [4.69, 9.17) is 4.74 Å². The SMILES string of the molecule is CS(=O)(=O)CCOCCS(C)(=O)=O. The standard InChI is InChI=1S/C6H14O5S2/c1-12(7,8)5-3-11-4-6-13(2,9)10/h3-6H2,1-2H3. The van der Waals surface area contributed by atoms with Crippen LogP contribution in [0.4, 0.5) is 0 Å². The lowest BCUT2D eigenvalue weighted by atomic mass is 10.8. The summed E-state index contributed by atoms with van der Waals surface area (Å²) < 4.78 is 47.2. The molecule has 0 radical (unpaired) electrons. The van der Waals surface area contributed by atoms with E-state index in [0.29, 0.717) is 0 Å². The number of hydrogen-bond acceptors (Lipinski definition) is 5. The van der Waals surface area contributed by atoms with Crippen molar-refractivity contribution >= 4 is 19.7 Å². The van der Waals surface area contributed by atoms with Gasteiger partial charge in [-0.15, -0.1) is 0 Å². The Hall–Kier alpha value is -0.140. The Balaban J connectivity index is 3.50. The maximum absolute atomic E-state index is 10.6. The highest BCUT2D eigenvalue weighted by Crippen LogP contribution is 1.87. The van der Waals surface area contributed by atoms with Gasteiger partial charge in [-0.05, 0) is 0 Å². The van der Waals surface area contributed by atoms with E-state index in [1.54, 1.807) is 0 Å². The van der Waals surface area contributed by atoms with Gasteiger partial charge in [0.1, 0.15) is 19.7 Å². The number of hydrogen-bond donors (Lipinski definition) is 0. The molecular formula is C6H14O5S2. The van der Waals surface area contributed by atoms with Gasteiger partial charge in [-0.25, -0.2) is 16.8 Å². The lowest BCUT2D eigenvalue weighted by Gasteiger charge is -2.01. The predicted octanol–water partition coefficient (Wildman–Crippen LogP) is -0.908. The molecule has 0 rings (SSSR count). The zero-order valence-corrected chi connectivity index (χ0v) is 9.32. The fraction of sp³-hybridized carbons (Fsp3) is 1.00. The second-order valence-electron chi connectivity index (χ2n) is 2.87. The maximum atomic E-state index is 10.6. The Labute approximate surface area is 78.9 Å². The highest BCUT2D eigenvalue weighted by Gasteiger charge is 2.04. The van der Waals surface area contributed by atoms with Crippen molar-refractivity contribution in [2.45, 2.75) is 0 Å². The second-order valence-corrected chi connectivity index (χ2v) is 7.39. The summed E-state index contributed by atoms with van der Waals surface area (Å²) in [5, 5.41) is 0. The van der Waals surface area contributed by atoms with Gasteiger partial charge in [0.15, 0.2) is 0 Å². The van der Waals surface area contributed by atoms with Gasteiger partial charge in [0.05, 0.1) is 24.7 Å². The zero-order chi connectivity index (χ0) is 10.5. The molecule has 0 N–H and O–H groups in total. The average Bonchev–Trinajstić information content (AvgIpc) is 1.81. The molecule has 0 bridgehead atoms. The van der Waals surface area contributed by atoms with Crippen molar-refractivity contribution in [3.63, 3.8) is 0 Å². The van der Waals surface area contributed by atoms with Gasteiger partial charge >= 0.3 is 0 Å². The molecule has 0 unspecified atom stereocenters. The van der Waals surface area contributed by atoms with E-state index in [1.165, 1.54) is 0 Å². The smallest absolute Gasteiger partial charge is 0.149 e. The van der Waals surface area contributed by atoms with Crippen LogP contribution in [0.25, 0.3) is 0 Å². The van der Waals surface area contributed by atoms with Crippen LogP contribution in [0.2, 0.25) is 0 Å². The summed E-state index contributed by atoms with van der Waals surface area (Å²) in [5.74, 6) is -0.145. The molecule has 0 fully saturated rings. The molecular weight excluding hydrogens is 216 g/mol. The van der Waals surface area contributed by atoms with Crippen LogP contribution in [0.3, 0.4) is 0 Å². The van der Waals surface area contributed by atoms with Crippen LogP contribution in [-0.4, -0.2) is 54.1 Å². The molecule has 7 heteroatoms. The summed E-state index contributed by atoms with van der Waals surface area (Å²) in [7, 11) is -6.03. The van der Waals surface area contributed by atoms with Crippen molar-refractivity contribution in [1.82, 2.24) is 0 Å². The topological polar surface area (TPSA) is 77.5 Å². The highest BCUT2D eigenvalue weighted by molar-refractivity contribution is 7.90. The minimum Gasteiger partial charge on any atom is -0.379 e. The lowest BCUT2D eigenvalue weighted by Crippen LogP contribution is -2.15. The molecule has 0 atom stereocenters. The van der Waals surface area contributed by atoms with E-state index in [1.807, 2.05) is 0 Å². The zero-order valence-electron chi connectivity index (χ0n) is 7.69. The van der Waals surface area contributed by atoms with Gasteiger partial charge in [0, 0.05) is 12.5 Å². The third-order valence-electron chi connectivity index (χ3n) is 1.20. The fourth-order valence-corrected chi connectivity index (χ4v) is 1.36. The predicted molar refractivity (Wildman–Crippen MR) is 50.2 cm³/mol. The molecule has 13 heavy (non-hydrogen) atoms. The first-order valence-electron chi connectivity index (χ1n) is 3.64. The Bertz CT molecular complexity index is 292. The number of rotatable bonds is 6. The van der Waals surface area contributed by atoms with Gasteiger partial charge in [0.25, 0.3) is 0 Å². The van der Waals surface area contributed by atoms with Crippen molar-refractivity contribution in [3.05, 3.63) is 0 Å². The molecule has 0 aliphatic heterocycles. The highest BCUT2D eigenvalue weighted by atomic mass is 32.2. The quantitative estimate of drug-likeness (QED) is 0.552. The van der Waals surface area contributed by atoms with Gasteiger partial charge in [-0.1, -0.05) is 0 Å².